The lowest BCUT2D eigenvalue weighted by molar-refractivity contribution is 0.0960. The summed E-state index contributed by atoms with van der Waals surface area (Å²) in [6, 6.07) is 2.99. The molecule has 0 aliphatic carbocycles. The highest BCUT2D eigenvalue weighted by atomic mass is 16.5. The van der Waals surface area contributed by atoms with E-state index in [9.17, 15) is 9.90 Å². The topological polar surface area (TPSA) is 55.8 Å². The number of aromatic hydroxyl groups is 1. The SMILES string of the molecule is CCOc1c(O)ccc2c1OCC2=O. The molecular formula is C10H10O4. The molecular weight excluding hydrogens is 184 g/mol. The van der Waals surface area contributed by atoms with E-state index in [0.29, 0.717) is 17.9 Å². The van der Waals surface area contributed by atoms with Gasteiger partial charge in [0.15, 0.2) is 18.1 Å². The predicted octanol–water partition coefficient (Wildman–Crippen LogP) is 1.37. The third kappa shape index (κ3) is 1.19. The standard InChI is InChI=1S/C10H10O4/c1-2-13-10-7(11)4-3-6-8(12)5-14-9(6)10/h3-4,11H,2,5H2,1H3. The maximum absolute atomic E-state index is 11.3. The lowest BCUT2D eigenvalue weighted by atomic mass is 10.1. The minimum atomic E-state index is -0.0825. The molecule has 0 spiro atoms. The summed E-state index contributed by atoms with van der Waals surface area (Å²) in [6.07, 6.45) is 0. The maximum atomic E-state index is 11.3. The monoisotopic (exact) mass is 194 g/mol. The summed E-state index contributed by atoms with van der Waals surface area (Å²) in [6.45, 7) is 2.25. The molecule has 0 saturated carbocycles. The summed E-state index contributed by atoms with van der Waals surface area (Å²) in [7, 11) is 0. The third-order valence-corrected chi connectivity index (χ3v) is 2.03. The van der Waals surface area contributed by atoms with Crippen molar-refractivity contribution in [2.45, 2.75) is 6.92 Å². The molecule has 1 aromatic rings. The van der Waals surface area contributed by atoms with E-state index >= 15 is 0 Å². The van der Waals surface area contributed by atoms with Gasteiger partial charge in [0.1, 0.15) is 0 Å². The first-order valence-electron chi connectivity index (χ1n) is 4.38. The Bertz CT molecular complexity index is 384. The van der Waals surface area contributed by atoms with Crippen LogP contribution in [0.4, 0.5) is 0 Å². The Kier molecular flexibility index (Phi) is 2.04. The average Bonchev–Trinajstić information content (AvgIpc) is 2.53. The molecule has 1 N–H and O–H groups in total. The lowest BCUT2D eigenvalue weighted by Gasteiger charge is -2.09. The molecule has 1 heterocycles. The molecule has 0 fully saturated rings. The first-order valence-corrected chi connectivity index (χ1v) is 4.38. The van der Waals surface area contributed by atoms with E-state index in [2.05, 4.69) is 0 Å². The first-order chi connectivity index (χ1) is 6.74. The lowest BCUT2D eigenvalue weighted by Crippen LogP contribution is -1.98. The molecule has 2 rings (SSSR count). The van der Waals surface area contributed by atoms with Gasteiger partial charge in [0.2, 0.25) is 11.5 Å². The van der Waals surface area contributed by atoms with Crippen LogP contribution in [0.1, 0.15) is 17.3 Å². The second-order valence-electron chi connectivity index (χ2n) is 2.94. The second-order valence-corrected chi connectivity index (χ2v) is 2.94. The van der Waals surface area contributed by atoms with E-state index in [1.807, 2.05) is 0 Å². The fraction of sp³-hybridized carbons (Fsp3) is 0.300. The highest BCUT2D eigenvalue weighted by molar-refractivity contribution is 6.03. The molecule has 1 aliphatic heterocycles. The van der Waals surface area contributed by atoms with E-state index < -0.39 is 0 Å². The molecule has 1 aromatic carbocycles. The van der Waals surface area contributed by atoms with Crippen LogP contribution in [0.5, 0.6) is 17.2 Å². The Morgan fingerprint density at radius 3 is 3.07 bits per heavy atom. The fourth-order valence-corrected chi connectivity index (χ4v) is 1.41. The number of benzene rings is 1. The van der Waals surface area contributed by atoms with Gasteiger partial charge in [-0.25, -0.2) is 0 Å². The molecule has 0 aromatic heterocycles. The molecule has 1 aliphatic rings. The maximum Gasteiger partial charge on any atom is 0.204 e. The number of fused-ring (bicyclic) bond motifs is 1. The van der Waals surface area contributed by atoms with E-state index in [1.165, 1.54) is 6.07 Å². The smallest absolute Gasteiger partial charge is 0.204 e. The van der Waals surface area contributed by atoms with Gasteiger partial charge in [-0.3, -0.25) is 4.79 Å². The number of rotatable bonds is 2. The van der Waals surface area contributed by atoms with Crippen LogP contribution in [0.25, 0.3) is 0 Å². The Morgan fingerprint density at radius 2 is 2.36 bits per heavy atom. The quantitative estimate of drug-likeness (QED) is 0.772. The van der Waals surface area contributed by atoms with Gasteiger partial charge in [-0.05, 0) is 19.1 Å². The van der Waals surface area contributed by atoms with Gasteiger partial charge in [0.25, 0.3) is 0 Å². The van der Waals surface area contributed by atoms with Gasteiger partial charge in [0, 0.05) is 0 Å². The van der Waals surface area contributed by atoms with Crippen molar-refractivity contribution in [3.63, 3.8) is 0 Å². The third-order valence-electron chi connectivity index (χ3n) is 2.03. The molecule has 0 bridgehead atoms. The molecule has 74 valence electrons. The minimum Gasteiger partial charge on any atom is -0.504 e. The normalized spacial score (nSPS) is 13.6. The second kappa shape index (κ2) is 3.21. The summed E-state index contributed by atoms with van der Waals surface area (Å²) in [5.74, 6) is 0.536. The predicted molar refractivity (Wildman–Crippen MR) is 49.1 cm³/mol. The molecule has 14 heavy (non-hydrogen) atoms. The van der Waals surface area contributed by atoms with Crippen molar-refractivity contribution in [2.24, 2.45) is 0 Å². The van der Waals surface area contributed by atoms with Crippen molar-refractivity contribution >= 4 is 5.78 Å². The van der Waals surface area contributed by atoms with Crippen molar-refractivity contribution < 1.29 is 19.4 Å². The number of hydrogen-bond donors (Lipinski definition) is 1. The number of carbonyl (C=O) groups is 1. The average molecular weight is 194 g/mol. The Labute approximate surface area is 81.1 Å². The van der Waals surface area contributed by atoms with E-state index in [4.69, 9.17) is 9.47 Å². The van der Waals surface area contributed by atoms with Crippen LogP contribution in [-0.2, 0) is 0 Å². The molecule has 0 amide bonds. The van der Waals surface area contributed by atoms with Gasteiger partial charge in [-0.1, -0.05) is 0 Å². The Balaban J connectivity index is 2.53. The van der Waals surface area contributed by atoms with Crippen LogP contribution >= 0.6 is 0 Å². The molecule has 4 nitrogen and oxygen atoms in total. The van der Waals surface area contributed by atoms with Crippen molar-refractivity contribution in [1.82, 2.24) is 0 Å². The van der Waals surface area contributed by atoms with Crippen LogP contribution in [-0.4, -0.2) is 24.1 Å². The molecule has 0 atom stereocenters. The van der Waals surface area contributed by atoms with Gasteiger partial charge in [0.05, 0.1) is 12.2 Å². The van der Waals surface area contributed by atoms with Gasteiger partial charge >= 0.3 is 0 Å². The van der Waals surface area contributed by atoms with Crippen LogP contribution in [0.3, 0.4) is 0 Å². The summed E-state index contributed by atoms with van der Waals surface area (Å²) in [4.78, 5) is 11.3. The highest BCUT2D eigenvalue weighted by Gasteiger charge is 2.26. The van der Waals surface area contributed by atoms with Crippen molar-refractivity contribution in [1.29, 1.82) is 0 Å². The number of ketones is 1. The summed E-state index contributed by atoms with van der Waals surface area (Å²) < 4.78 is 10.3. The number of hydrogen-bond acceptors (Lipinski definition) is 4. The van der Waals surface area contributed by atoms with Crippen molar-refractivity contribution in [3.8, 4) is 17.2 Å². The number of carbonyl (C=O) groups excluding carboxylic acids is 1. The zero-order valence-electron chi connectivity index (χ0n) is 7.74. The summed E-state index contributed by atoms with van der Waals surface area (Å²) >= 11 is 0. The van der Waals surface area contributed by atoms with Crippen molar-refractivity contribution in [3.05, 3.63) is 17.7 Å². The number of phenolic OH excluding ortho intramolecular Hbond substituents is 1. The molecule has 4 heteroatoms. The number of phenols is 1. The van der Waals surface area contributed by atoms with E-state index in [-0.39, 0.29) is 23.9 Å². The van der Waals surface area contributed by atoms with E-state index in [1.54, 1.807) is 13.0 Å². The van der Waals surface area contributed by atoms with Gasteiger partial charge in [-0.2, -0.15) is 0 Å². The first kappa shape index (κ1) is 8.87. The van der Waals surface area contributed by atoms with E-state index in [0.717, 1.165) is 0 Å². The van der Waals surface area contributed by atoms with Crippen molar-refractivity contribution in [2.75, 3.05) is 13.2 Å². The summed E-state index contributed by atoms with van der Waals surface area (Å²) in [5, 5.41) is 9.48. The van der Waals surface area contributed by atoms with Gasteiger partial charge < -0.3 is 14.6 Å². The van der Waals surface area contributed by atoms with Gasteiger partial charge in [-0.15, -0.1) is 0 Å². The van der Waals surface area contributed by atoms with Crippen LogP contribution in [0.15, 0.2) is 12.1 Å². The fourth-order valence-electron chi connectivity index (χ4n) is 1.41. The molecule has 0 saturated heterocycles. The zero-order chi connectivity index (χ0) is 10.1. The molecule has 0 unspecified atom stereocenters. The Morgan fingerprint density at radius 1 is 1.57 bits per heavy atom. The largest absolute Gasteiger partial charge is 0.504 e. The Hall–Kier alpha value is -1.71. The van der Waals surface area contributed by atoms with Crippen LogP contribution in [0, 0.1) is 0 Å². The zero-order valence-corrected chi connectivity index (χ0v) is 7.74. The molecule has 0 radical (unpaired) electrons. The number of Topliss-reactive ketones (excluding diaryl/α,β-unsaturated/α-hetero) is 1. The number of ether oxygens (including phenoxy) is 2. The van der Waals surface area contributed by atoms with Crippen LogP contribution in [0.2, 0.25) is 0 Å². The summed E-state index contributed by atoms with van der Waals surface area (Å²) in [5.41, 5.74) is 0.478. The minimum absolute atomic E-state index is 0.000278. The van der Waals surface area contributed by atoms with Crippen LogP contribution < -0.4 is 9.47 Å². The highest BCUT2D eigenvalue weighted by Crippen LogP contribution is 2.42.